The molecule has 1 aromatic carbocycles. The van der Waals surface area contributed by atoms with Crippen molar-refractivity contribution in [1.82, 2.24) is 14.5 Å². The molecule has 0 fully saturated rings. The molecule has 0 spiro atoms. The van der Waals surface area contributed by atoms with Crippen LogP contribution in [0.25, 0.3) is 0 Å². The number of nitrogens with zero attached hydrogens (tertiary/aromatic N) is 3. The molecule has 192 valence electrons. The van der Waals surface area contributed by atoms with Crippen LogP contribution < -0.4 is 15.9 Å². The molecule has 0 aliphatic rings. The van der Waals surface area contributed by atoms with Crippen LogP contribution in [0.15, 0.2) is 52.3 Å². The van der Waals surface area contributed by atoms with Crippen molar-refractivity contribution in [3.63, 3.8) is 0 Å². The number of hydrogen-bond acceptors (Lipinski definition) is 7. The summed E-state index contributed by atoms with van der Waals surface area (Å²) < 4.78 is 41.1. The SMILES string of the molecule is C=C(C)C(F)(F)c1ncn(Cc2cc(C(=O)OC)c(=O)[nH]c2CC)c(=O)c1Oc1cc(Cl)cc(C#N)c1. The summed E-state index contributed by atoms with van der Waals surface area (Å²) in [6.45, 7) is 5.85. The molecule has 0 bridgehead atoms. The lowest BCUT2D eigenvalue weighted by atomic mass is 10.1. The average Bonchev–Trinajstić information content (AvgIpc) is 2.85. The molecule has 2 aromatic heterocycles. The highest BCUT2D eigenvalue weighted by molar-refractivity contribution is 6.30. The highest BCUT2D eigenvalue weighted by Crippen LogP contribution is 2.38. The van der Waals surface area contributed by atoms with E-state index in [4.69, 9.17) is 16.3 Å². The summed E-state index contributed by atoms with van der Waals surface area (Å²) in [5, 5.41) is 9.27. The van der Waals surface area contributed by atoms with Gasteiger partial charge in [-0.05, 0) is 48.7 Å². The number of ether oxygens (including phenoxy) is 2. The number of carbonyl (C=O) groups excluding carboxylic acids is 1. The lowest BCUT2D eigenvalue weighted by Crippen LogP contribution is -2.29. The summed E-state index contributed by atoms with van der Waals surface area (Å²) in [6, 6.07) is 6.94. The summed E-state index contributed by atoms with van der Waals surface area (Å²) >= 11 is 5.99. The molecule has 0 aliphatic heterocycles. The van der Waals surface area contributed by atoms with Gasteiger partial charge in [-0.3, -0.25) is 14.2 Å². The van der Waals surface area contributed by atoms with Gasteiger partial charge in [-0.2, -0.15) is 14.0 Å². The van der Waals surface area contributed by atoms with Crippen LogP contribution >= 0.6 is 11.6 Å². The fourth-order valence-electron chi connectivity index (χ4n) is 3.42. The number of rotatable bonds is 8. The molecule has 3 rings (SSSR count). The third-order valence-electron chi connectivity index (χ3n) is 5.36. The number of H-pyrrole nitrogens is 1. The maximum absolute atomic E-state index is 15.0. The van der Waals surface area contributed by atoms with Gasteiger partial charge in [-0.1, -0.05) is 25.1 Å². The van der Waals surface area contributed by atoms with Crippen molar-refractivity contribution in [2.75, 3.05) is 7.11 Å². The van der Waals surface area contributed by atoms with Gasteiger partial charge in [0.15, 0.2) is 5.69 Å². The molecule has 0 atom stereocenters. The number of nitrogens with one attached hydrogen (secondary N) is 1. The molecule has 1 N–H and O–H groups in total. The van der Waals surface area contributed by atoms with E-state index in [1.54, 1.807) is 6.92 Å². The zero-order valence-electron chi connectivity index (χ0n) is 20.0. The summed E-state index contributed by atoms with van der Waals surface area (Å²) in [6.07, 6.45) is 1.24. The number of hydrogen-bond donors (Lipinski definition) is 1. The number of nitriles is 1. The number of aryl methyl sites for hydroxylation is 1. The van der Waals surface area contributed by atoms with Gasteiger partial charge in [-0.15, -0.1) is 0 Å². The van der Waals surface area contributed by atoms with Gasteiger partial charge < -0.3 is 14.5 Å². The van der Waals surface area contributed by atoms with Gasteiger partial charge >= 0.3 is 11.9 Å². The second kappa shape index (κ2) is 10.8. The number of esters is 1. The largest absolute Gasteiger partial charge is 0.465 e. The number of aromatic nitrogens is 3. The molecule has 0 saturated heterocycles. The van der Waals surface area contributed by atoms with Crippen LogP contribution in [-0.2, 0) is 23.6 Å². The highest BCUT2D eigenvalue weighted by atomic mass is 35.5. The Morgan fingerprint density at radius 3 is 2.59 bits per heavy atom. The zero-order chi connectivity index (χ0) is 27.5. The van der Waals surface area contributed by atoms with Crippen LogP contribution in [0.1, 0.15) is 46.7 Å². The predicted molar refractivity (Wildman–Crippen MR) is 130 cm³/mol. The average molecular weight is 531 g/mol. The molecular formula is C25H21ClF2N4O5. The van der Waals surface area contributed by atoms with E-state index in [1.165, 1.54) is 24.3 Å². The van der Waals surface area contributed by atoms with Gasteiger partial charge in [0.1, 0.15) is 11.3 Å². The number of pyridine rings is 1. The Morgan fingerprint density at radius 2 is 2.00 bits per heavy atom. The van der Waals surface area contributed by atoms with Gasteiger partial charge in [0.25, 0.3) is 11.1 Å². The Kier molecular flexibility index (Phi) is 7.93. The second-order valence-corrected chi connectivity index (χ2v) is 8.40. The fraction of sp³-hybridized carbons (Fsp3) is 0.240. The van der Waals surface area contributed by atoms with Crippen LogP contribution in [0.4, 0.5) is 8.78 Å². The number of alkyl halides is 2. The summed E-state index contributed by atoms with van der Waals surface area (Å²) in [5.41, 5.74) is -2.67. The van der Waals surface area contributed by atoms with Crippen LogP contribution in [0, 0.1) is 11.3 Å². The van der Waals surface area contributed by atoms with Crippen LogP contribution in [0.3, 0.4) is 0 Å². The van der Waals surface area contributed by atoms with E-state index >= 15 is 0 Å². The third kappa shape index (κ3) is 5.59. The topological polar surface area (TPSA) is 127 Å². The quantitative estimate of drug-likeness (QED) is 0.339. The lowest BCUT2D eigenvalue weighted by Gasteiger charge is -2.20. The molecular weight excluding hydrogens is 510 g/mol. The number of benzene rings is 1. The van der Waals surface area contributed by atoms with Crippen molar-refractivity contribution in [1.29, 1.82) is 5.26 Å². The second-order valence-electron chi connectivity index (χ2n) is 7.96. The normalized spacial score (nSPS) is 11.1. The molecule has 2 heterocycles. The van der Waals surface area contributed by atoms with Crippen molar-refractivity contribution in [2.45, 2.75) is 32.7 Å². The van der Waals surface area contributed by atoms with Crippen molar-refractivity contribution in [3.05, 3.63) is 96.6 Å². The number of allylic oxidation sites excluding steroid dienone is 1. The number of halogens is 3. The van der Waals surface area contributed by atoms with Crippen molar-refractivity contribution in [2.24, 2.45) is 0 Å². The van der Waals surface area contributed by atoms with Gasteiger partial charge in [0.2, 0.25) is 5.75 Å². The monoisotopic (exact) mass is 530 g/mol. The molecule has 3 aromatic rings. The van der Waals surface area contributed by atoms with Crippen LogP contribution in [0.5, 0.6) is 11.5 Å². The van der Waals surface area contributed by atoms with Crippen molar-refractivity contribution >= 4 is 17.6 Å². The Balaban J connectivity index is 2.21. The molecule has 12 heteroatoms. The van der Waals surface area contributed by atoms with Gasteiger partial charge in [0, 0.05) is 10.7 Å². The first-order valence-corrected chi connectivity index (χ1v) is 11.2. The summed E-state index contributed by atoms with van der Waals surface area (Å²) in [4.78, 5) is 44.0. The molecule has 0 aliphatic carbocycles. The van der Waals surface area contributed by atoms with E-state index < -0.39 is 40.0 Å². The summed E-state index contributed by atoms with van der Waals surface area (Å²) in [5.74, 6) is -5.55. The van der Waals surface area contributed by atoms with E-state index in [2.05, 4.69) is 21.3 Å². The maximum Gasteiger partial charge on any atom is 0.343 e. The first-order chi connectivity index (χ1) is 17.4. The molecule has 0 saturated carbocycles. The zero-order valence-corrected chi connectivity index (χ0v) is 20.8. The Bertz CT molecular complexity index is 1560. The number of aromatic amines is 1. The van der Waals surface area contributed by atoms with Crippen molar-refractivity contribution in [3.8, 4) is 17.6 Å². The van der Waals surface area contributed by atoms with E-state index in [1.807, 2.05) is 6.07 Å². The smallest absolute Gasteiger partial charge is 0.343 e. The van der Waals surface area contributed by atoms with E-state index in [-0.39, 0.29) is 28.4 Å². The Hall–Kier alpha value is -4.30. The van der Waals surface area contributed by atoms with E-state index in [0.717, 1.165) is 24.9 Å². The van der Waals surface area contributed by atoms with Gasteiger partial charge in [0.05, 0.1) is 31.6 Å². The predicted octanol–water partition coefficient (Wildman–Crippen LogP) is 4.31. The van der Waals surface area contributed by atoms with Crippen LogP contribution in [0.2, 0.25) is 5.02 Å². The minimum absolute atomic E-state index is 0.0797. The molecule has 9 nitrogen and oxygen atoms in total. The first-order valence-electron chi connectivity index (χ1n) is 10.8. The third-order valence-corrected chi connectivity index (χ3v) is 5.58. The maximum atomic E-state index is 15.0. The minimum atomic E-state index is -3.73. The Labute approximate surface area is 214 Å². The molecule has 0 unspecified atom stereocenters. The number of methoxy groups -OCH3 is 1. The molecule has 37 heavy (non-hydrogen) atoms. The minimum Gasteiger partial charge on any atom is -0.465 e. The molecule has 0 amide bonds. The highest BCUT2D eigenvalue weighted by Gasteiger charge is 2.39. The number of carbonyl (C=O) groups is 1. The van der Waals surface area contributed by atoms with Crippen LogP contribution in [-0.4, -0.2) is 27.6 Å². The van der Waals surface area contributed by atoms with Gasteiger partial charge in [-0.25, -0.2) is 9.78 Å². The standard InChI is InChI=1S/C25H21ClF2N4O5/c1-5-19-15(8-18(22(33)31-19)24(35)36-4)11-32-12-30-21(25(27,28)13(2)3)20(23(32)34)37-17-7-14(10-29)6-16(26)9-17/h6-9,12H,2,5,11H2,1,3-4H3,(H,31,33). The lowest BCUT2D eigenvalue weighted by molar-refractivity contribution is 0.0308. The first kappa shape index (κ1) is 27.3. The summed E-state index contributed by atoms with van der Waals surface area (Å²) in [7, 11) is 1.11. The van der Waals surface area contributed by atoms with E-state index in [0.29, 0.717) is 17.7 Å². The molecule has 0 radical (unpaired) electrons. The Morgan fingerprint density at radius 1 is 1.30 bits per heavy atom. The fourth-order valence-corrected chi connectivity index (χ4v) is 3.64. The van der Waals surface area contributed by atoms with E-state index in [9.17, 15) is 28.4 Å². The van der Waals surface area contributed by atoms with Crippen molar-refractivity contribution < 1.29 is 23.0 Å².